The highest BCUT2D eigenvalue weighted by molar-refractivity contribution is 7.16. The van der Waals surface area contributed by atoms with Gasteiger partial charge in [0.1, 0.15) is 0 Å². The third-order valence-corrected chi connectivity index (χ3v) is 5.24. The number of aromatic nitrogens is 1. The first-order valence-electron chi connectivity index (χ1n) is 8.77. The van der Waals surface area contributed by atoms with E-state index >= 15 is 0 Å². The molecule has 148 valence electrons. The van der Waals surface area contributed by atoms with Gasteiger partial charge in [0.25, 0.3) is 5.91 Å². The molecule has 0 saturated heterocycles. The Morgan fingerprint density at radius 3 is 2.32 bits per heavy atom. The summed E-state index contributed by atoms with van der Waals surface area (Å²) >= 11 is 1.17. The van der Waals surface area contributed by atoms with Crippen LogP contribution in [0.25, 0.3) is 10.2 Å². The number of nitrogens with one attached hydrogen (secondary N) is 1. The molecule has 1 heterocycles. The van der Waals surface area contributed by atoms with E-state index < -0.39 is 0 Å². The van der Waals surface area contributed by atoms with E-state index in [2.05, 4.69) is 5.32 Å². The van der Waals surface area contributed by atoms with Crippen LogP contribution in [0.15, 0.2) is 35.1 Å². The second-order valence-electron chi connectivity index (χ2n) is 6.07. The maximum atomic E-state index is 12.7. The van der Waals surface area contributed by atoms with E-state index in [9.17, 15) is 9.59 Å². The van der Waals surface area contributed by atoms with E-state index in [-0.39, 0.29) is 10.8 Å². The molecular formula is C20H22N2O5S. The molecule has 0 atom stereocenters. The van der Waals surface area contributed by atoms with E-state index in [1.165, 1.54) is 32.7 Å². The Labute approximate surface area is 166 Å². The number of rotatable bonds is 7. The standard InChI is InChI=1S/C20H22N2O5S/c1-5-8-22-14-7-6-13(11-17(14)28-20(22)24)21-19(23)12-9-15(25-2)18(27-4)16(10-12)26-3/h6-7,9-11H,5,8H2,1-4H3,(H,21,23). The van der Waals surface area contributed by atoms with E-state index in [0.717, 1.165) is 16.6 Å². The summed E-state index contributed by atoms with van der Waals surface area (Å²) in [5.41, 5.74) is 1.85. The summed E-state index contributed by atoms with van der Waals surface area (Å²) < 4.78 is 18.5. The highest BCUT2D eigenvalue weighted by atomic mass is 32.1. The number of hydrogen-bond donors (Lipinski definition) is 1. The molecule has 0 aliphatic carbocycles. The molecule has 0 saturated carbocycles. The first-order valence-corrected chi connectivity index (χ1v) is 9.58. The minimum atomic E-state index is -0.320. The molecule has 1 amide bonds. The predicted molar refractivity (Wildman–Crippen MR) is 110 cm³/mol. The van der Waals surface area contributed by atoms with Gasteiger partial charge in [-0.15, -0.1) is 0 Å². The maximum absolute atomic E-state index is 12.7. The molecule has 0 radical (unpaired) electrons. The van der Waals surface area contributed by atoms with Gasteiger partial charge in [-0.2, -0.15) is 0 Å². The summed E-state index contributed by atoms with van der Waals surface area (Å²) in [7, 11) is 4.50. The van der Waals surface area contributed by atoms with Crippen molar-refractivity contribution in [3.8, 4) is 17.2 Å². The summed E-state index contributed by atoms with van der Waals surface area (Å²) in [6.45, 7) is 2.71. The van der Waals surface area contributed by atoms with Crippen molar-refractivity contribution in [1.82, 2.24) is 4.57 Å². The van der Waals surface area contributed by atoms with Crippen molar-refractivity contribution in [2.75, 3.05) is 26.6 Å². The van der Waals surface area contributed by atoms with Gasteiger partial charge in [-0.1, -0.05) is 18.3 Å². The van der Waals surface area contributed by atoms with Crippen LogP contribution in [0.1, 0.15) is 23.7 Å². The van der Waals surface area contributed by atoms with Crippen LogP contribution >= 0.6 is 11.3 Å². The molecule has 3 aromatic rings. The summed E-state index contributed by atoms with van der Waals surface area (Å²) in [4.78, 5) is 24.9. The van der Waals surface area contributed by atoms with Gasteiger partial charge < -0.3 is 19.5 Å². The molecular weight excluding hydrogens is 380 g/mol. The number of hydrogen-bond acceptors (Lipinski definition) is 6. The van der Waals surface area contributed by atoms with Gasteiger partial charge in [0.2, 0.25) is 5.75 Å². The number of aryl methyl sites for hydroxylation is 1. The Hall–Kier alpha value is -3.00. The average Bonchev–Trinajstić information content (AvgIpc) is 3.01. The van der Waals surface area contributed by atoms with Gasteiger partial charge in [-0.25, -0.2) is 0 Å². The quantitative estimate of drug-likeness (QED) is 0.651. The van der Waals surface area contributed by atoms with Crippen molar-refractivity contribution in [2.24, 2.45) is 0 Å². The first-order chi connectivity index (χ1) is 13.5. The molecule has 0 bridgehead atoms. The Bertz CT molecular complexity index is 1050. The van der Waals surface area contributed by atoms with Crippen molar-refractivity contribution in [2.45, 2.75) is 19.9 Å². The van der Waals surface area contributed by atoms with Crippen LogP contribution in [-0.4, -0.2) is 31.8 Å². The molecule has 3 rings (SSSR count). The zero-order valence-electron chi connectivity index (χ0n) is 16.2. The molecule has 7 nitrogen and oxygen atoms in total. The number of thiazole rings is 1. The van der Waals surface area contributed by atoms with Crippen molar-refractivity contribution < 1.29 is 19.0 Å². The molecule has 0 unspecified atom stereocenters. The second-order valence-corrected chi connectivity index (χ2v) is 7.06. The fraction of sp³-hybridized carbons (Fsp3) is 0.300. The lowest BCUT2D eigenvalue weighted by molar-refractivity contribution is 0.102. The van der Waals surface area contributed by atoms with Crippen LogP contribution in [0, 0.1) is 0 Å². The van der Waals surface area contributed by atoms with E-state index in [1.54, 1.807) is 22.8 Å². The molecule has 28 heavy (non-hydrogen) atoms. The number of anilines is 1. The molecule has 1 N–H and O–H groups in total. The number of fused-ring (bicyclic) bond motifs is 1. The van der Waals surface area contributed by atoms with Crippen LogP contribution in [0.3, 0.4) is 0 Å². The number of methoxy groups -OCH3 is 3. The minimum Gasteiger partial charge on any atom is -0.493 e. The number of ether oxygens (including phenoxy) is 3. The van der Waals surface area contributed by atoms with Gasteiger partial charge >= 0.3 is 4.87 Å². The zero-order chi connectivity index (χ0) is 20.3. The van der Waals surface area contributed by atoms with Gasteiger partial charge in [0, 0.05) is 17.8 Å². The molecule has 8 heteroatoms. The van der Waals surface area contributed by atoms with Crippen LogP contribution < -0.4 is 24.4 Å². The summed E-state index contributed by atoms with van der Waals surface area (Å²) in [6.07, 6.45) is 0.880. The highest BCUT2D eigenvalue weighted by Gasteiger charge is 2.17. The number of carbonyl (C=O) groups is 1. The second kappa shape index (κ2) is 8.35. The van der Waals surface area contributed by atoms with Crippen LogP contribution in [0.4, 0.5) is 5.69 Å². The predicted octanol–water partition coefficient (Wildman–Crippen LogP) is 3.75. The number of amides is 1. The van der Waals surface area contributed by atoms with Crippen LogP contribution in [-0.2, 0) is 6.54 Å². The van der Waals surface area contributed by atoms with Crippen molar-refractivity contribution in [3.05, 3.63) is 45.6 Å². The highest BCUT2D eigenvalue weighted by Crippen LogP contribution is 2.38. The maximum Gasteiger partial charge on any atom is 0.308 e. The number of benzene rings is 2. The molecule has 1 aromatic heterocycles. The fourth-order valence-electron chi connectivity index (χ4n) is 2.99. The van der Waals surface area contributed by atoms with Gasteiger partial charge in [-0.3, -0.25) is 14.2 Å². The smallest absolute Gasteiger partial charge is 0.308 e. The lowest BCUT2D eigenvalue weighted by Crippen LogP contribution is -2.13. The Morgan fingerprint density at radius 2 is 1.75 bits per heavy atom. The first kappa shape index (κ1) is 19.8. The molecule has 2 aromatic carbocycles. The molecule has 0 aliphatic heterocycles. The monoisotopic (exact) mass is 402 g/mol. The lowest BCUT2D eigenvalue weighted by atomic mass is 10.1. The van der Waals surface area contributed by atoms with Gasteiger partial charge in [-0.05, 0) is 36.8 Å². The van der Waals surface area contributed by atoms with Crippen molar-refractivity contribution in [1.29, 1.82) is 0 Å². The average molecular weight is 402 g/mol. The topological polar surface area (TPSA) is 78.8 Å². The Kier molecular flexibility index (Phi) is 5.89. The molecule has 0 spiro atoms. The SMILES string of the molecule is CCCn1c(=O)sc2cc(NC(=O)c3cc(OC)c(OC)c(OC)c3)ccc21. The Morgan fingerprint density at radius 1 is 1.07 bits per heavy atom. The lowest BCUT2D eigenvalue weighted by Gasteiger charge is -2.14. The van der Waals surface area contributed by atoms with E-state index in [1.807, 2.05) is 19.1 Å². The zero-order valence-corrected chi connectivity index (χ0v) is 17.0. The minimum absolute atomic E-state index is 0.00459. The van der Waals surface area contributed by atoms with Crippen LogP contribution in [0.5, 0.6) is 17.2 Å². The summed E-state index contributed by atoms with van der Waals surface area (Å²) in [6, 6.07) is 8.63. The van der Waals surface area contributed by atoms with E-state index in [4.69, 9.17) is 14.2 Å². The van der Waals surface area contributed by atoms with E-state index in [0.29, 0.717) is 35.0 Å². The number of carbonyl (C=O) groups excluding carboxylic acids is 1. The van der Waals surface area contributed by atoms with Gasteiger partial charge in [0.05, 0.1) is 31.5 Å². The van der Waals surface area contributed by atoms with Crippen LogP contribution in [0.2, 0.25) is 0 Å². The molecule has 0 aliphatic rings. The van der Waals surface area contributed by atoms with Crippen molar-refractivity contribution >= 4 is 33.1 Å². The Balaban J connectivity index is 1.91. The molecule has 0 fully saturated rings. The third-order valence-electron chi connectivity index (χ3n) is 4.30. The third kappa shape index (κ3) is 3.68. The normalized spacial score (nSPS) is 10.7. The summed E-state index contributed by atoms with van der Waals surface area (Å²) in [5, 5.41) is 2.86. The largest absolute Gasteiger partial charge is 0.493 e. The number of nitrogens with zero attached hydrogens (tertiary/aromatic N) is 1. The fourth-order valence-corrected chi connectivity index (χ4v) is 3.95. The van der Waals surface area contributed by atoms with Gasteiger partial charge in [0.15, 0.2) is 11.5 Å². The summed E-state index contributed by atoms with van der Waals surface area (Å²) in [5.74, 6) is 0.901. The van der Waals surface area contributed by atoms with Crippen molar-refractivity contribution in [3.63, 3.8) is 0 Å².